The van der Waals surface area contributed by atoms with Gasteiger partial charge in [-0.2, -0.15) is 5.26 Å². The Morgan fingerprint density at radius 3 is 2.75 bits per heavy atom. The predicted octanol–water partition coefficient (Wildman–Crippen LogP) is 5.40. The smallest absolute Gasteiger partial charge is 0.266 e. The highest BCUT2D eigenvalue weighted by Gasteiger charge is 2.13. The normalized spacial score (nSPS) is 11.2. The number of hydrogen-bond donors (Lipinski definition) is 1. The highest BCUT2D eigenvalue weighted by molar-refractivity contribution is 6.32. The molecule has 0 aliphatic rings. The zero-order chi connectivity index (χ0) is 20.3. The van der Waals surface area contributed by atoms with Gasteiger partial charge in [0.05, 0.1) is 12.6 Å². The van der Waals surface area contributed by atoms with Gasteiger partial charge in [0.15, 0.2) is 0 Å². The SMILES string of the molecule is COc1ccc2nc(Cl)c(/C=C(\C#N)C(=O)Nc3cccc(Cl)c3C)cc2c1. The van der Waals surface area contributed by atoms with Crippen molar-refractivity contribution >= 4 is 51.8 Å². The third kappa shape index (κ3) is 4.09. The Kier molecular flexibility index (Phi) is 5.84. The lowest BCUT2D eigenvalue weighted by atomic mass is 10.1. The number of anilines is 1. The summed E-state index contributed by atoms with van der Waals surface area (Å²) < 4.78 is 5.22. The second kappa shape index (κ2) is 8.30. The summed E-state index contributed by atoms with van der Waals surface area (Å²) in [4.78, 5) is 16.9. The van der Waals surface area contributed by atoms with E-state index in [9.17, 15) is 10.1 Å². The van der Waals surface area contributed by atoms with Gasteiger partial charge in [0, 0.05) is 21.7 Å². The summed E-state index contributed by atoms with van der Waals surface area (Å²) in [6.45, 7) is 1.78. The van der Waals surface area contributed by atoms with E-state index in [4.69, 9.17) is 27.9 Å². The molecule has 3 rings (SSSR count). The van der Waals surface area contributed by atoms with Gasteiger partial charge in [0.25, 0.3) is 5.91 Å². The fourth-order valence-electron chi connectivity index (χ4n) is 2.61. The van der Waals surface area contributed by atoms with Crippen LogP contribution in [0.15, 0.2) is 48.0 Å². The Labute approximate surface area is 172 Å². The van der Waals surface area contributed by atoms with Crippen molar-refractivity contribution in [2.45, 2.75) is 6.92 Å². The Morgan fingerprint density at radius 1 is 1.25 bits per heavy atom. The van der Waals surface area contributed by atoms with Crippen LogP contribution in [0.3, 0.4) is 0 Å². The van der Waals surface area contributed by atoms with Crippen LogP contribution in [0, 0.1) is 18.3 Å². The summed E-state index contributed by atoms with van der Waals surface area (Å²) in [5.41, 5.74) is 2.28. The van der Waals surface area contributed by atoms with Gasteiger partial charge < -0.3 is 10.1 Å². The van der Waals surface area contributed by atoms with Crippen molar-refractivity contribution < 1.29 is 9.53 Å². The first-order valence-corrected chi connectivity index (χ1v) is 9.01. The number of fused-ring (bicyclic) bond motifs is 1. The van der Waals surface area contributed by atoms with Crippen molar-refractivity contribution in [1.29, 1.82) is 5.26 Å². The lowest BCUT2D eigenvalue weighted by Crippen LogP contribution is -2.14. The van der Waals surface area contributed by atoms with Crippen molar-refractivity contribution in [3.05, 3.63) is 69.3 Å². The minimum Gasteiger partial charge on any atom is -0.497 e. The molecule has 5 nitrogen and oxygen atoms in total. The molecule has 140 valence electrons. The van der Waals surface area contributed by atoms with E-state index >= 15 is 0 Å². The fourth-order valence-corrected chi connectivity index (χ4v) is 2.99. The molecule has 3 aromatic rings. The number of nitrogens with zero attached hydrogens (tertiary/aromatic N) is 2. The fraction of sp³-hybridized carbons (Fsp3) is 0.0952. The number of pyridine rings is 1. The maximum Gasteiger partial charge on any atom is 0.266 e. The Balaban J connectivity index is 1.97. The number of amides is 1. The number of carbonyl (C=O) groups excluding carboxylic acids is 1. The third-order valence-corrected chi connectivity index (χ3v) is 4.90. The standard InChI is InChI=1S/C21H15Cl2N3O2/c1-12-17(22)4-3-5-18(12)26-21(27)15(11-24)9-14-8-13-10-16(28-2)6-7-19(13)25-20(14)23/h3-10H,1-2H3,(H,26,27)/b15-9+. The molecule has 0 unspecified atom stereocenters. The maximum atomic E-state index is 12.6. The number of hydrogen-bond acceptors (Lipinski definition) is 4. The number of rotatable bonds is 4. The van der Waals surface area contributed by atoms with E-state index in [2.05, 4.69) is 10.3 Å². The first kappa shape index (κ1) is 19.7. The van der Waals surface area contributed by atoms with Gasteiger partial charge in [-0.05, 0) is 55.0 Å². The average molecular weight is 412 g/mol. The molecule has 0 saturated carbocycles. The quantitative estimate of drug-likeness (QED) is 0.354. The molecule has 0 atom stereocenters. The topological polar surface area (TPSA) is 75.0 Å². The molecule has 0 bridgehead atoms. The minimum absolute atomic E-state index is 0.106. The number of nitrogens with one attached hydrogen (secondary N) is 1. The average Bonchev–Trinajstić information content (AvgIpc) is 2.69. The molecule has 2 aromatic carbocycles. The summed E-state index contributed by atoms with van der Waals surface area (Å²) in [6, 6.07) is 14.2. The summed E-state index contributed by atoms with van der Waals surface area (Å²) in [5, 5.41) is 13.6. The van der Waals surface area contributed by atoms with E-state index < -0.39 is 5.91 Å². The summed E-state index contributed by atoms with van der Waals surface area (Å²) in [6.07, 6.45) is 1.41. The molecule has 1 N–H and O–H groups in total. The van der Waals surface area contributed by atoms with Crippen LogP contribution in [-0.2, 0) is 4.79 Å². The monoisotopic (exact) mass is 411 g/mol. The predicted molar refractivity (Wildman–Crippen MR) is 112 cm³/mol. The second-order valence-electron chi connectivity index (χ2n) is 5.96. The van der Waals surface area contributed by atoms with Crippen molar-refractivity contribution in [2.75, 3.05) is 12.4 Å². The van der Waals surface area contributed by atoms with Crippen LogP contribution in [0.25, 0.3) is 17.0 Å². The van der Waals surface area contributed by atoms with Crippen molar-refractivity contribution in [2.24, 2.45) is 0 Å². The molecule has 0 aliphatic carbocycles. The van der Waals surface area contributed by atoms with E-state index in [0.717, 1.165) is 5.39 Å². The van der Waals surface area contributed by atoms with E-state index in [1.807, 2.05) is 6.07 Å². The maximum absolute atomic E-state index is 12.6. The van der Waals surface area contributed by atoms with Gasteiger partial charge in [-0.25, -0.2) is 4.98 Å². The van der Waals surface area contributed by atoms with Gasteiger partial charge in [-0.15, -0.1) is 0 Å². The van der Waals surface area contributed by atoms with Crippen LogP contribution < -0.4 is 10.1 Å². The van der Waals surface area contributed by atoms with E-state index in [0.29, 0.717) is 33.1 Å². The van der Waals surface area contributed by atoms with E-state index in [1.54, 1.807) is 56.5 Å². The highest BCUT2D eigenvalue weighted by Crippen LogP contribution is 2.27. The van der Waals surface area contributed by atoms with E-state index in [1.165, 1.54) is 6.08 Å². The Morgan fingerprint density at radius 2 is 2.04 bits per heavy atom. The Bertz CT molecular complexity index is 1150. The molecule has 0 fully saturated rings. The lowest BCUT2D eigenvalue weighted by Gasteiger charge is -2.09. The molecule has 1 aromatic heterocycles. The molecule has 1 heterocycles. The minimum atomic E-state index is -0.560. The number of ether oxygens (including phenoxy) is 1. The first-order chi connectivity index (χ1) is 13.4. The number of carbonyl (C=O) groups is 1. The lowest BCUT2D eigenvalue weighted by molar-refractivity contribution is -0.112. The Hall–Kier alpha value is -3.07. The summed E-state index contributed by atoms with van der Waals surface area (Å²) >= 11 is 12.3. The highest BCUT2D eigenvalue weighted by atomic mass is 35.5. The number of nitriles is 1. The van der Waals surface area contributed by atoms with Gasteiger partial charge in [-0.3, -0.25) is 4.79 Å². The molecule has 0 spiro atoms. The second-order valence-corrected chi connectivity index (χ2v) is 6.73. The van der Waals surface area contributed by atoms with E-state index in [-0.39, 0.29) is 10.7 Å². The van der Waals surface area contributed by atoms with Crippen LogP contribution >= 0.6 is 23.2 Å². The summed E-state index contributed by atoms with van der Waals surface area (Å²) in [7, 11) is 1.57. The van der Waals surface area contributed by atoms with Gasteiger partial charge in [-0.1, -0.05) is 29.3 Å². The van der Waals surface area contributed by atoms with Gasteiger partial charge >= 0.3 is 0 Å². The molecule has 0 radical (unpaired) electrons. The van der Waals surface area contributed by atoms with Crippen LogP contribution in [0.2, 0.25) is 10.2 Å². The molecule has 0 saturated heterocycles. The largest absolute Gasteiger partial charge is 0.497 e. The molecular formula is C21H15Cl2N3O2. The van der Waals surface area contributed by atoms with Gasteiger partial charge in [0.2, 0.25) is 0 Å². The molecule has 7 heteroatoms. The van der Waals surface area contributed by atoms with Crippen molar-refractivity contribution in [1.82, 2.24) is 4.98 Å². The number of benzene rings is 2. The number of aromatic nitrogens is 1. The first-order valence-electron chi connectivity index (χ1n) is 8.25. The summed E-state index contributed by atoms with van der Waals surface area (Å²) in [5.74, 6) is 0.107. The van der Waals surface area contributed by atoms with Crippen LogP contribution in [0.5, 0.6) is 5.75 Å². The molecular weight excluding hydrogens is 397 g/mol. The molecule has 1 amide bonds. The van der Waals surface area contributed by atoms with Crippen molar-refractivity contribution in [3.8, 4) is 11.8 Å². The molecule has 28 heavy (non-hydrogen) atoms. The zero-order valence-electron chi connectivity index (χ0n) is 15.1. The number of halogens is 2. The number of methoxy groups -OCH3 is 1. The van der Waals surface area contributed by atoms with Gasteiger partial charge in [0.1, 0.15) is 22.5 Å². The van der Waals surface area contributed by atoms with Crippen LogP contribution in [0.1, 0.15) is 11.1 Å². The molecule has 0 aliphatic heterocycles. The third-order valence-electron chi connectivity index (χ3n) is 4.18. The van der Waals surface area contributed by atoms with Crippen LogP contribution in [0.4, 0.5) is 5.69 Å². The van der Waals surface area contributed by atoms with Crippen molar-refractivity contribution in [3.63, 3.8) is 0 Å². The zero-order valence-corrected chi connectivity index (χ0v) is 16.6. The van der Waals surface area contributed by atoms with Crippen LogP contribution in [-0.4, -0.2) is 18.0 Å².